The summed E-state index contributed by atoms with van der Waals surface area (Å²) in [7, 11) is 0. The van der Waals surface area contributed by atoms with Gasteiger partial charge in [0.25, 0.3) is 0 Å². The van der Waals surface area contributed by atoms with Crippen LogP contribution in [0.5, 0.6) is 0 Å². The van der Waals surface area contributed by atoms with E-state index in [4.69, 9.17) is 0 Å². The minimum absolute atomic E-state index is 0.495. The van der Waals surface area contributed by atoms with E-state index in [-0.39, 0.29) is 0 Å². The van der Waals surface area contributed by atoms with Crippen molar-refractivity contribution in [2.45, 2.75) is 46.1 Å². The van der Waals surface area contributed by atoms with Crippen molar-refractivity contribution in [3.63, 3.8) is 0 Å². The Bertz CT molecular complexity index is 296. The Morgan fingerprint density at radius 2 is 2.07 bits per heavy atom. The van der Waals surface area contributed by atoms with Gasteiger partial charge in [0.2, 0.25) is 0 Å². The van der Waals surface area contributed by atoms with Gasteiger partial charge in [-0.3, -0.25) is 4.98 Å². The lowest BCUT2D eigenvalue weighted by molar-refractivity contribution is 0.452. The van der Waals surface area contributed by atoms with Gasteiger partial charge < -0.3 is 5.32 Å². The Labute approximate surface area is 93.1 Å². The van der Waals surface area contributed by atoms with Crippen LogP contribution >= 0.6 is 0 Å². The maximum absolute atomic E-state index is 4.61. The van der Waals surface area contributed by atoms with Crippen LogP contribution in [0.2, 0.25) is 0 Å². The summed E-state index contributed by atoms with van der Waals surface area (Å²) in [6, 6.07) is 6.77. The third kappa shape index (κ3) is 3.31. The molecule has 0 aliphatic heterocycles. The van der Waals surface area contributed by atoms with Crippen molar-refractivity contribution in [1.29, 1.82) is 0 Å². The molecule has 0 saturated heterocycles. The summed E-state index contributed by atoms with van der Waals surface area (Å²) in [4.78, 5) is 4.61. The molecule has 15 heavy (non-hydrogen) atoms. The molecule has 2 nitrogen and oxygen atoms in total. The lowest BCUT2D eigenvalue weighted by Gasteiger charge is -2.23. The summed E-state index contributed by atoms with van der Waals surface area (Å²) >= 11 is 0. The van der Waals surface area contributed by atoms with Gasteiger partial charge in [-0.15, -0.1) is 0 Å². The van der Waals surface area contributed by atoms with Gasteiger partial charge in [0.05, 0.1) is 0 Å². The smallest absolute Gasteiger partial charge is 0.0453 e. The van der Waals surface area contributed by atoms with Gasteiger partial charge in [-0.1, -0.05) is 19.9 Å². The van der Waals surface area contributed by atoms with Gasteiger partial charge in [-0.25, -0.2) is 0 Å². The highest BCUT2D eigenvalue weighted by molar-refractivity contribution is 5.15. The Morgan fingerprint density at radius 3 is 2.60 bits per heavy atom. The van der Waals surface area contributed by atoms with Gasteiger partial charge >= 0.3 is 0 Å². The SMILES string of the molecule is CCNC(C)C(CC)c1cccc(C)n1. The minimum Gasteiger partial charge on any atom is -0.314 e. The monoisotopic (exact) mass is 206 g/mol. The van der Waals surface area contributed by atoms with Crippen molar-refractivity contribution in [3.8, 4) is 0 Å². The average molecular weight is 206 g/mol. The molecule has 1 N–H and O–H groups in total. The highest BCUT2D eigenvalue weighted by atomic mass is 14.9. The number of aryl methyl sites for hydroxylation is 1. The van der Waals surface area contributed by atoms with E-state index < -0.39 is 0 Å². The molecule has 0 bridgehead atoms. The molecule has 0 aliphatic carbocycles. The van der Waals surface area contributed by atoms with Crippen LogP contribution in [0.25, 0.3) is 0 Å². The normalized spacial score (nSPS) is 14.9. The molecule has 0 radical (unpaired) electrons. The van der Waals surface area contributed by atoms with Crippen molar-refractivity contribution in [2.24, 2.45) is 0 Å². The van der Waals surface area contributed by atoms with E-state index in [1.165, 1.54) is 5.69 Å². The number of hydrogen-bond donors (Lipinski definition) is 1. The van der Waals surface area contributed by atoms with Crippen LogP contribution < -0.4 is 5.32 Å². The minimum atomic E-state index is 0.495. The quantitative estimate of drug-likeness (QED) is 0.801. The number of aromatic nitrogens is 1. The summed E-state index contributed by atoms with van der Waals surface area (Å²) in [6.45, 7) is 9.68. The molecule has 2 heteroatoms. The Balaban J connectivity index is 2.82. The number of likely N-dealkylation sites (N-methyl/N-ethyl adjacent to an activating group) is 1. The molecule has 1 heterocycles. The van der Waals surface area contributed by atoms with E-state index in [9.17, 15) is 0 Å². The molecule has 0 aliphatic rings. The van der Waals surface area contributed by atoms with Gasteiger partial charge in [-0.05, 0) is 38.9 Å². The van der Waals surface area contributed by atoms with Crippen LogP contribution in [-0.2, 0) is 0 Å². The molecule has 0 amide bonds. The Hall–Kier alpha value is -0.890. The molecule has 1 aromatic heterocycles. The Kier molecular flexibility index (Phi) is 4.76. The third-order valence-corrected chi connectivity index (χ3v) is 2.86. The zero-order chi connectivity index (χ0) is 11.3. The van der Waals surface area contributed by atoms with Crippen molar-refractivity contribution in [1.82, 2.24) is 10.3 Å². The van der Waals surface area contributed by atoms with E-state index >= 15 is 0 Å². The molecular weight excluding hydrogens is 184 g/mol. The first-order valence-electron chi connectivity index (χ1n) is 5.86. The third-order valence-electron chi connectivity index (χ3n) is 2.86. The van der Waals surface area contributed by atoms with Crippen LogP contribution in [-0.4, -0.2) is 17.6 Å². The van der Waals surface area contributed by atoms with Crippen LogP contribution in [0.4, 0.5) is 0 Å². The van der Waals surface area contributed by atoms with E-state index in [0.717, 1.165) is 18.7 Å². The van der Waals surface area contributed by atoms with E-state index in [2.05, 4.69) is 43.2 Å². The summed E-state index contributed by atoms with van der Waals surface area (Å²) in [5.74, 6) is 0.518. The second-order valence-corrected chi connectivity index (χ2v) is 4.06. The molecule has 1 rings (SSSR count). The topological polar surface area (TPSA) is 24.9 Å². The maximum atomic E-state index is 4.61. The van der Waals surface area contributed by atoms with Crippen LogP contribution in [0.3, 0.4) is 0 Å². The first-order chi connectivity index (χ1) is 7.19. The van der Waals surface area contributed by atoms with Crippen LogP contribution in [0, 0.1) is 6.92 Å². The molecular formula is C13H22N2. The molecule has 84 valence electrons. The van der Waals surface area contributed by atoms with E-state index in [1.54, 1.807) is 0 Å². The first kappa shape index (κ1) is 12.2. The highest BCUT2D eigenvalue weighted by Gasteiger charge is 2.17. The summed E-state index contributed by atoms with van der Waals surface area (Å²) < 4.78 is 0. The lowest BCUT2D eigenvalue weighted by atomic mass is 9.94. The van der Waals surface area contributed by atoms with E-state index in [0.29, 0.717) is 12.0 Å². The molecule has 2 atom stereocenters. The summed E-state index contributed by atoms with van der Waals surface area (Å²) in [5.41, 5.74) is 2.32. The van der Waals surface area contributed by atoms with Gasteiger partial charge in [0.1, 0.15) is 0 Å². The fraction of sp³-hybridized carbons (Fsp3) is 0.615. The molecule has 0 fully saturated rings. The first-order valence-corrected chi connectivity index (χ1v) is 5.86. The van der Waals surface area contributed by atoms with Crippen molar-refractivity contribution < 1.29 is 0 Å². The van der Waals surface area contributed by atoms with Gasteiger partial charge in [0.15, 0.2) is 0 Å². The number of pyridine rings is 1. The number of nitrogens with one attached hydrogen (secondary N) is 1. The predicted molar refractivity (Wildman–Crippen MR) is 65.1 cm³/mol. The highest BCUT2D eigenvalue weighted by Crippen LogP contribution is 2.21. The average Bonchev–Trinajstić information content (AvgIpc) is 2.19. The number of hydrogen-bond acceptors (Lipinski definition) is 2. The van der Waals surface area contributed by atoms with Crippen LogP contribution in [0.1, 0.15) is 44.5 Å². The summed E-state index contributed by atoms with van der Waals surface area (Å²) in [5, 5.41) is 3.47. The maximum Gasteiger partial charge on any atom is 0.0453 e. The standard InChI is InChI=1S/C13H22N2/c1-5-12(11(4)14-6-2)13-9-7-8-10(3)15-13/h7-9,11-12,14H,5-6H2,1-4H3. The zero-order valence-electron chi connectivity index (χ0n) is 10.2. The molecule has 0 aromatic carbocycles. The fourth-order valence-corrected chi connectivity index (χ4v) is 2.05. The molecule has 2 unspecified atom stereocenters. The van der Waals surface area contributed by atoms with Crippen LogP contribution in [0.15, 0.2) is 18.2 Å². The molecule has 1 aromatic rings. The fourth-order valence-electron chi connectivity index (χ4n) is 2.05. The van der Waals surface area contributed by atoms with Gasteiger partial charge in [-0.2, -0.15) is 0 Å². The van der Waals surface area contributed by atoms with E-state index in [1.807, 2.05) is 13.0 Å². The Morgan fingerprint density at radius 1 is 1.33 bits per heavy atom. The number of nitrogens with zero attached hydrogens (tertiary/aromatic N) is 1. The summed E-state index contributed by atoms with van der Waals surface area (Å²) in [6.07, 6.45) is 1.13. The molecule has 0 saturated carbocycles. The predicted octanol–water partition coefficient (Wildman–Crippen LogP) is 2.88. The molecule has 0 spiro atoms. The van der Waals surface area contributed by atoms with Crippen molar-refractivity contribution in [3.05, 3.63) is 29.6 Å². The van der Waals surface area contributed by atoms with Crippen molar-refractivity contribution in [2.75, 3.05) is 6.54 Å². The van der Waals surface area contributed by atoms with Crippen molar-refractivity contribution >= 4 is 0 Å². The largest absolute Gasteiger partial charge is 0.314 e. The lowest BCUT2D eigenvalue weighted by Crippen LogP contribution is -2.32. The number of rotatable bonds is 5. The second-order valence-electron chi connectivity index (χ2n) is 4.06. The second kappa shape index (κ2) is 5.86. The zero-order valence-corrected chi connectivity index (χ0v) is 10.2. The van der Waals surface area contributed by atoms with Gasteiger partial charge in [0, 0.05) is 23.3 Å².